The van der Waals surface area contributed by atoms with E-state index in [2.05, 4.69) is 35.9 Å². The van der Waals surface area contributed by atoms with Crippen LogP contribution in [0.2, 0.25) is 0 Å². The number of rotatable bonds is 6. The molecule has 0 bridgehead atoms. The van der Waals surface area contributed by atoms with E-state index in [4.69, 9.17) is 0 Å². The van der Waals surface area contributed by atoms with Gasteiger partial charge in [-0.05, 0) is 46.2 Å². The highest BCUT2D eigenvalue weighted by atomic mass is 79.9. The van der Waals surface area contributed by atoms with Crippen molar-refractivity contribution >= 4 is 31.9 Å². The van der Waals surface area contributed by atoms with Gasteiger partial charge in [-0.2, -0.15) is 0 Å². The minimum absolute atomic E-state index is 0.0427. The fraction of sp³-hybridized carbons (Fsp3) is 0.231. The summed E-state index contributed by atoms with van der Waals surface area (Å²) in [6.07, 6.45) is 2.94. The lowest BCUT2D eigenvalue weighted by molar-refractivity contribution is 0.600. The van der Waals surface area contributed by atoms with Crippen LogP contribution in [0.25, 0.3) is 0 Å². The number of aromatic nitrogens is 2. The Kier molecular flexibility index (Phi) is 5.27. The molecule has 2 aromatic rings. The molecule has 1 aromatic heterocycles. The summed E-state index contributed by atoms with van der Waals surface area (Å²) in [5.41, 5.74) is 0.999. The quantitative estimate of drug-likeness (QED) is 0.813. The summed E-state index contributed by atoms with van der Waals surface area (Å²) in [5, 5.41) is 3.18. The van der Waals surface area contributed by atoms with Gasteiger partial charge < -0.3 is 5.32 Å². The number of anilines is 1. The number of sulfonamides is 1. The van der Waals surface area contributed by atoms with Gasteiger partial charge in [-0.25, -0.2) is 23.1 Å². The predicted octanol–water partition coefficient (Wildman–Crippen LogP) is 2.15. The molecule has 0 unspecified atom stereocenters. The average molecular weight is 371 g/mol. The average Bonchev–Trinajstić information content (AvgIpc) is 2.45. The Balaban J connectivity index is 2.24. The predicted molar refractivity (Wildman–Crippen MR) is 84.4 cm³/mol. The first-order valence-corrected chi connectivity index (χ1v) is 8.59. The highest BCUT2D eigenvalue weighted by molar-refractivity contribution is 9.10. The van der Waals surface area contributed by atoms with Crippen molar-refractivity contribution in [1.29, 1.82) is 0 Å². The van der Waals surface area contributed by atoms with Gasteiger partial charge in [-0.1, -0.05) is 13.0 Å². The van der Waals surface area contributed by atoms with Crippen molar-refractivity contribution in [3.8, 4) is 0 Å². The second kappa shape index (κ2) is 6.97. The van der Waals surface area contributed by atoms with Crippen LogP contribution in [0.1, 0.15) is 12.5 Å². The first-order chi connectivity index (χ1) is 10.0. The largest absolute Gasteiger partial charge is 0.313 e. The van der Waals surface area contributed by atoms with E-state index in [-0.39, 0.29) is 10.8 Å². The zero-order valence-corrected chi connectivity index (χ0v) is 13.8. The minimum atomic E-state index is -3.72. The van der Waals surface area contributed by atoms with Gasteiger partial charge in [0, 0.05) is 23.4 Å². The van der Waals surface area contributed by atoms with E-state index in [1.54, 1.807) is 24.3 Å². The summed E-state index contributed by atoms with van der Waals surface area (Å²) >= 11 is 3.30. The summed E-state index contributed by atoms with van der Waals surface area (Å²) in [5.74, 6) is 0.0427. The lowest BCUT2D eigenvalue weighted by atomic mass is 10.2. The van der Waals surface area contributed by atoms with Crippen LogP contribution >= 0.6 is 15.9 Å². The maximum absolute atomic E-state index is 12.3. The molecule has 8 heteroatoms. The van der Waals surface area contributed by atoms with E-state index in [0.29, 0.717) is 11.0 Å². The standard InChI is InChI=1S/C13H15BrN4O2S/c1-2-15-9-10-4-5-12(11(14)8-10)21(19,20)18-13-16-6-3-7-17-13/h3-8,15H,2,9H2,1H3,(H,16,17,18). The fourth-order valence-electron chi connectivity index (χ4n) is 1.67. The molecule has 0 fully saturated rings. The van der Waals surface area contributed by atoms with E-state index in [9.17, 15) is 8.42 Å². The highest BCUT2D eigenvalue weighted by Crippen LogP contribution is 2.24. The van der Waals surface area contributed by atoms with Gasteiger partial charge in [0.25, 0.3) is 10.0 Å². The maximum atomic E-state index is 12.3. The van der Waals surface area contributed by atoms with Gasteiger partial charge >= 0.3 is 0 Å². The molecule has 0 amide bonds. The zero-order valence-electron chi connectivity index (χ0n) is 11.4. The smallest absolute Gasteiger partial charge is 0.265 e. The molecule has 0 atom stereocenters. The number of nitrogens with one attached hydrogen (secondary N) is 2. The zero-order chi connectivity index (χ0) is 15.3. The van der Waals surface area contributed by atoms with Gasteiger partial charge in [-0.3, -0.25) is 0 Å². The molecule has 112 valence electrons. The third-order valence-electron chi connectivity index (χ3n) is 2.66. The lowest BCUT2D eigenvalue weighted by Gasteiger charge is -2.10. The van der Waals surface area contributed by atoms with Crippen LogP contribution in [0.3, 0.4) is 0 Å². The molecule has 0 aliphatic heterocycles. The molecule has 0 radical (unpaired) electrons. The maximum Gasteiger partial charge on any atom is 0.265 e. The summed E-state index contributed by atoms with van der Waals surface area (Å²) < 4.78 is 27.5. The molecule has 6 nitrogen and oxygen atoms in total. The molecule has 2 rings (SSSR count). The molecule has 0 spiro atoms. The Morgan fingerprint density at radius 1 is 1.24 bits per heavy atom. The van der Waals surface area contributed by atoms with Gasteiger partial charge in [0.15, 0.2) is 0 Å². The van der Waals surface area contributed by atoms with Gasteiger partial charge in [0.05, 0.1) is 0 Å². The van der Waals surface area contributed by atoms with Crippen molar-refractivity contribution in [3.05, 3.63) is 46.7 Å². The monoisotopic (exact) mass is 370 g/mol. The van der Waals surface area contributed by atoms with Gasteiger partial charge in [0.2, 0.25) is 5.95 Å². The van der Waals surface area contributed by atoms with Crippen LogP contribution < -0.4 is 10.0 Å². The summed E-state index contributed by atoms with van der Waals surface area (Å²) in [6, 6.07) is 6.72. The van der Waals surface area contributed by atoms with Crippen molar-refractivity contribution in [2.24, 2.45) is 0 Å². The summed E-state index contributed by atoms with van der Waals surface area (Å²) in [7, 11) is -3.72. The van der Waals surface area contributed by atoms with Crippen LogP contribution in [0, 0.1) is 0 Å². The van der Waals surface area contributed by atoms with E-state index >= 15 is 0 Å². The van der Waals surface area contributed by atoms with Gasteiger partial charge in [-0.15, -0.1) is 0 Å². The normalized spacial score (nSPS) is 11.3. The summed E-state index contributed by atoms with van der Waals surface area (Å²) in [6.45, 7) is 3.55. The molecule has 0 saturated heterocycles. The molecule has 1 aromatic carbocycles. The van der Waals surface area contributed by atoms with E-state index in [0.717, 1.165) is 12.1 Å². The van der Waals surface area contributed by atoms with Crippen molar-refractivity contribution in [3.63, 3.8) is 0 Å². The molecular formula is C13H15BrN4O2S. The number of hydrogen-bond donors (Lipinski definition) is 2. The van der Waals surface area contributed by atoms with E-state index < -0.39 is 10.0 Å². The topological polar surface area (TPSA) is 84.0 Å². The minimum Gasteiger partial charge on any atom is -0.313 e. The van der Waals surface area contributed by atoms with Crippen LogP contribution in [-0.4, -0.2) is 24.9 Å². The Morgan fingerprint density at radius 3 is 2.57 bits per heavy atom. The van der Waals surface area contributed by atoms with Crippen LogP contribution in [0.5, 0.6) is 0 Å². The van der Waals surface area contributed by atoms with E-state index in [1.807, 2.05) is 6.92 Å². The Hall–Kier alpha value is -1.51. The number of hydrogen-bond acceptors (Lipinski definition) is 5. The van der Waals surface area contributed by atoms with Crippen LogP contribution in [-0.2, 0) is 16.6 Å². The molecule has 0 aliphatic carbocycles. The Morgan fingerprint density at radius 2 is 1.95 bits per heavy atom. The molecule has 2 N–H and O–H groups in total. The number of benzene rings is 1. The highest BCUT2D eigenvalue weighted by Gasteiger charge is 2.19. The van der Waals surface area contributed by atoms with Crippen molar-refractivity contribution in [2.45, 2.75) is 18.4 Å². The molecule has 0 saturated carbocycles. The molecular weight excluding hydrogens is 356 g/mol. The number of halogens is 1. The first kappa shape index (κ1) is 15.9. The van der Waals surface area contributed by atoms with Crippen LogP contribution in [0.15, 0.2) is 46.0 Å². The fourth-order valence-corrected chi connectivity index (χ4v) is 3.75. The van der Waals surface area contributed by atoms with Crippen molar-refractivity contribution < 1.29 is 8.42 Å². The van der Waals surface area contributed by atoms with Gasteiger partial charge in [0.1, 0.15) is 4.90 Å². The SMILES string of the molecule is CCNCc1ccc(S(=O)(=O)Nc2ncccn2)c(Br)c1. The molecule has 0 aliphatic rings. The second-order valence-corrected chi connectivity index (χ2v) is 6.73. The Labute approximate surface area is 132 Å². The third kappa shape index (κ3) is 4.23. The number of nitrogens with zero attached hydrogens (tertiary/aromatic N) is 2. The third-order valence-corrected chi connectivity index (χ3v) is 4.96. The van der Waals surface area contributed by atoms with Crippen molar-refractivity contribution in [1.82, 2.24) is 15.3 Å². The van der Waals surface area contributed by atoms with E-state index in [1.165, 1.54) is 12.4 Å². The summed E-state index contributed by atoms with van der Waals surface area (Å²) in [4.78, 5) is 7.85. The lowest BCUT2D eigenvalue weighted by Crippen LogP contribution is -2.16. The Bertz CT molecular complexity index is 707. The van der Waals surface area contributed by atoms with Crippen molar-refractivity contribution in [2.75, 3.05) is 11.3 Å². The van der Waals surface area contributed by atoms with Crippen LogP contribution in [0.4, 0.5) is 5.95 Å². The molecule has 21 heavy (non-hydrogen) atoms. The first-order valence-electron chi connectivity index (χ1n) is 6.32. The second-order valence-electron chi connectivity index (χ2n) is 4.22. The molecule has 1 heterocycles.